The Kier molecular flexibility index (Phi) is 11.0. The third-order valence-electron chi connectivity index (χ3n) is 4.48. The summed E-state index contributed by atoms with van der Waals surface area (Å²) < 4.78 is 10.0. The van der Waals surface area contributed by atoms with Gasteiger partial charge in [-0.1, -0.05) is 60.7 Å². The van der Waals surface area contributed by atoms with Gasteiger partial charge in [-0.2, -0.15) is 0 Å². The van der Waals surface area contributed by atoms with Crippen molar-refractivity contribution in [3.8, 4) is 0 Å². The molecule has 2 aromatic carbocycles. The summed E-state index contributed by atoms with van der Waals surface area (Å²) in [6, 6.07) is 14.9. The molecule has 0 aliphatic heterocycles. The Morgan fingerprint density at radius 2 is 0.972 bits per heavy atom. The number of nitrogens with one attached hydrogen (secondary N) is 6. The summed E-state index contributed by atoms with van der Waals surface area (Å²) in [5.74, 6) is -1.49. The predicted molar refractivity (Wildman–Crippen MR) is 126 cm³/mol. The largest absolute Gasteiger partial charge is 0.445 e. The molecule has 0 saturated carbocycles. The van der Waals surface area contributed by atoms with Gasteiger partial charge in [0.25, 0.3) is 11.8 Å². The highest BCUT2D eigenvalue weighted by molar-refractivity contribution is 5.89. The molecular weight excluding hydrogens is 472 g/mol. The zero-order valence-electron chi connectivity index (χ0n) is 19.7. The molecule has 13 nitrogen and oxygen atoms in total. The van der Waals surface area contributed by atoms with E-state index in [1.165, 1.54) is 13.8 Å². The Labute approximate surface area is 207 Å². The molecule has 0 aromatic heterocycles. The molecule has 13 heteroatoms. The second-order valence-corrected chi connectivity index (χ2v) is 7.41. The molecule has 0 unspecified atom stereocenters. The lowest BCUT2D eigenvalue weighted by molar-refractivity contribution is -0.123. The molecule has 0 heterocycles. The number of benzene rings is 2. The van der Waals surface area contributed by atoms with E-state index in [4.69, 9.17) is 9.47 Å². The van der Waals surface area contributed by atoms with Crippen molar-refractivity contribution in [1.82, 2.24) is 32.3 Å². The van der Waals surface area contributed by atoms with Gasteiger partial charge in [0.15, 0.2) is 0 Å². The summed E-state index contributed by atoms with van der Waals surface area (Å²) in [6.45, 7) is 2.81. The van der Waals surface area contributed by atoms with Crippen LogP contribution in [0.15, 0.2) is 60.7 Å². The van der Waals surface area contributed by atoms with Gasteiger partial charge >= 0.3 is 18.2 Å². The van der Waals surface area contributed by atoms with Crippen LogP contribution in [-0.4, -0.2) is 42.1 Å². The molecule has 2 rings (SSSR count). The average molecular weight is 501 g/mol. The minimum absolute atomic E-state index is 0.0272. The maximum Gasteiger partial charge on any atom is 0.408 e. The second-order valence-electron chi connectivity index (χ2n) is 7.41. The lowest BCUT2D eigenvalue weighted by Crippen LogP contribution is -2.58. The van der Waals surface area contributed by atoms with E-state index >= 15 is 0 Å². The predicted octanol–water partition coefficient (Wildman–Crippen LogP) is 0.978. The third kappa shape index (κ3) is 10.4. The van der Waals surface area contributed by atoms with E-state index in [1.54, 1.807) is 48.5 Å². The zero-order valence-corrected chi connectivity index (χ0v) is 19.7. The number of hydrazine groups is 2. The molecule has 0 fully saturated rings. The van der Waals surface area contributed by atoms with E-state index in [2.05, 4.69) is 21.5 Å². The first-order valence-corrected chi connectivity index (χ1v) is 10.8. The SMILES string of the molecule is C[C@H](NC(=O)OCc1ccccc1)C(=O)NNC(=O)NNC(=O)[C@@H](C)NC(=O)OCc1ccccc1. The fourth-order valence-corrected chi connectivity index (χ4v) is 2.50. The highest BCUT2D eigenvalue weighted by Crippen LogP contribution is 2.01. The third-order valence-corrected chi connectivity index (χ3v) is 4.48. The molecule has 0 spiro atoms. The van der Waals surface area contributed by atoms with Gasteiger partial charge in [0.2, 0.25) is 0 Å². The standard InChI is InChI=1S/C23H28N6O7/c1-15(24-22(33)35-13-17-9-5-3-6-10-17)19(30)26-28-21(32)29-27-20(31)16(2)25-23(34)36-14-18-11-7-4-8-12-18/h3-12,15-16H,13-14H2,1-2H3,(H,24,33)(H,25,34)(H,26,30)(H,27,31)(H2,28,29,32)/t15-,16+. The van der Waals surface area contributed by atoms with Crippen molar-refractivity contribution < 1.29 is 33.4 Å². The first-order valence-electron chi connectivity index (χ1n) is 10.8. The number of amides is 6. The highest BCUT2D eigenvalue weighted by Gasteiger charge is 2.19. The van der Waals surface area contributed by atoms with E-state index in [0.717, 1.165) is 11.1 Å². The summed E-state index contributed by atoms with van der Waals surface area (Å²) >= 11 is 0. The van der Waals surface area contributed by atoms with Crippen LogP contribution in [0, 0.1) is 0 Å². The Balaban J connectivity index is 1.60. The molecule has 0 aliphatic carbocycles. The van der Waals surface area contributed by atoms with Crippen LogP contribution in [0.4, 0.5) is 14.4 Å². The molecule has 0 aliphatic rings. The molecule has 0 radical (unpaired) electrons. The highest BCUT2D eigenvalue weighted by atomic mass is 16.6. The average Bonchev–Trinajstić information content (AvgIpc) is 2.89. The second kappa shape index (κ2) is 14.5. The van der Waals surface area contributed by atoms with Crippen molar-refractivity contribution >= 4 is 30.0 Å². The Morgan fingerprint density at radius 3 is 1.33 bits per heavy atom. The molecular formula is C23H28N6O7. The van der Waals surface area contributed by atoms with Crippen molar-refractivity contribution in [1.29, 1.82) is 0 Å². The lowest BCUT2D eigenvalue weighted by Gasteiger charge is -2.16. The maximum atomic E-state index is 12.0. The van der Waals surface area contributed by atoms with Gasteiger partial charge in [0.05, 0.1) is 0 Å². The van der Waals surface area contributed by atoms with Crippen LogP contribution in [0.2, 0.25) is 0 Å². The summed E-state index contributed by atoms with van der Waals surface area (Å²) in [7, 11) is 0. The van der Waals surface area contributed by atoms with Crippen molar-refractivity contribution in [2.75, 3.05) is 0 Å². The molecule has 0 saturated heterocycles. The van der Waals surface area contributed by atoms with Crippen LogP contribution >= 0.6 is 0 Å². The fraction of sp³-hybridized carbons (Fsp3) is 0.261. The van der Waals surface area contributed by atoms with Crippen LogP contribution in [0.3, 0.4) is 0 Å². The van der Waals surface area contributed by atoms with E-state index in [-0.39, 0.29) is 13.2 Å². The topological polar surface area (TPSA) is 176 Å². The van der Waals surface area contributed by atoms with Crippen molar-refractivity contribution in [3.63, 3.8) is 0 Å². The number of rotatable bonds is 8. The molecule has 6 amide bonds. The number of ether oxygens (including phenoxy) is 2. The number of urea groups is 1. The number of carbonyl (C=O) groups is 5. The van der Waals surface area contributed by atoms with E-state index in [0.29, 0.717) is 0 Å². The summed E-state index contributed by atoms with van der Waals surface area (Å²) in [4.78, 5) is 59.4. The molecule has 2 atom stereocenters. The van der Waals surface area contributed by atoms with Gasteiger partial charge in [-0.3, -0.25) is 20.4 Å². The first kappa shape index (κ1) is 27.4. The van der Waals surface area contributed by atoms with Crippen LogP contribution in [0.25, 0.3) is 0 Å². The number of hydrogen-bond donors (Lipinski definition) is 6. The van der Waals surface area contributed by atoms with Crippen molar-refractivity contribution in [3.05, 3.63) is 71.8 Å². The maximum absolute atomic E-state index is 12.0. The molecule has 6 N–H and O–H groups in total. The normalized spacial score (nSPS) is 11.6. The lowest BCUT2D eigenvalue weighted by atomic mass is 10.2. The van der Waals surface area contributed by atoms with Gasteiger partial charge in [-0.25, -0.2) is 25.2 Å². The van der Waals surface area contributed by atoms with Gasteiger partial charge in [0, 0.05) is 0 Å². The number of alkyl carbamates (subject to hydrolysis) is 2. The smallest absolute Gasteiger partial charge is 0.408 e. The van der Waals surface area contributed by atoms with Crippen LogP contribution < -0.4 is 32.3 Å². The first-order chi connectivity index (χ1) is 17.2. The van der Waals surface area contributed by atoms with E-state index in [9.17, 15) is 24.0 Å². The molecule has 36 heavy (non-hydrogen) atoms. The van der Waals surface area contributed by atoms with Gasteiger partial charge < -0.3 is 20.1 Å². The molecule has 192 valence electrons. The van der Waals surface area contributed by atoms with Crippen LogP contribution in [0.1, 0.15) is 25.0 Å². The molecule has 0 bridgehead atoms. The number of carbonyl (C=O) groups excluding carboxylic acids is 5. The monoisotopic (exact) mass is 500 g/mol. The quantitative estimate of drug-likeness (QED) is 0.293. The Hall–Kier alpha value is -4.81. The van der Waals surface area contributed by atoms with Crippen LogP contribution in [-0.2, 0) is 32.3 Å². The number of hydrogen-bond acceptors (Lipinski definition) is 7. The summed E-state index contributed by atoms with van der Waals surface area (Å²) in [5, 5.41) is 4.62. The zero-order chi connectivity index (χ0) is 26.3. The minimum atomic E-state index is -1.03. The van der Waals surface area contributed by atoms with Gasteiger partial charge in [-0.15, -0.1) is 0 Å². The van der Waals surface area contributed by atoms with E-state index in [1.807, 2.05) is 23.0 Å². The Bertz CT molecular complexity index is 954. The van der Waals surface area contributed by atoms with Crippen molar-refractivity contribution in [2.45, 2.75) is 39.1 Å². The summed E-state index contributed by atoms with van der Waals surface area (Å²) in [6.07, 6.45) is -1.64. The van der Waals surface area contributed by atoms with Gasteiger partial charge in [-0.05, 0) is 25.0 Å². The Morgan fingerprint density at radius 1 is 0.611 bits per heavy atom. The van der Waals surface area contributed by atoms with Gasteiger partial charge in [0.1, 0.15) is 25.3 Å². The summed E-state index contributed by atoms with van der Waals surface area (Å²) in [5.41, 5.74) is 9.69. The fourth-order valence-electron chi connectivity index (χ4n) is 2.50. The molecule has 2 aromatic rings. The van der Waals surface area contributed by atoms with Crippen LogP contribution in [0.5, 0.6) is 0 Å². The minimum Gasteiger partial charge on any atom is -0.445 e. The van der Waals surface area contributed by atoms with Crippen molar-refractivity contribution in [2.24, 2.45) is 0 Å². The van der Waals surface area contributed by atoms with E-state index < -0.39 is 42.1 Å².